The molecule has 0 bridgehead atoms. The van der Waals surface area contributed by atoms with Crippen molar-refractivity contribution in [2.75, 3.05) is 6.61 Å². The Balaban J connectivity index is 2.02. The molecule has 1 aliphatic rings. The lowest BCUT2D eigenvalue weighted by Crippen LogP contribution is -2.40. The standard InChI is InChI=1S/C26H37BO2/c1-17(2)16-28-27(29-18(3)4)20-11-13-22-21-12-10-19(25(5,6)7)14-23(21)26(8,9)24(22)15-20/h10-15,17-18H,16H2,1-9H3. The van der Waals surface area contributed by atoms with Gasteiger partial charge in [0.05, 0.1) is 0 Å². The van der Waals surface area contributed by atoms with Crippen molar-refractivity contribution in [2.45, 2.75) is 79.2 Å². The Morgan fingerprint density at radius 2 is 1.48 bits per heavy atom. The third kappa shape index (κ3) is 4.46. The molecule has 1 aliphatic carbocycles. The molecule has 0 aromatic heterocycles. The van der Waals surface area contributed by atoms with Crippen LogP contribution in [0.3, 0.4) is 0 Å². The van der Waals surface area contributed by atoms with Gasteiger partial charge in [-0.05, 0) is 58.5 Å². The van der Waals surface area contributed by atoms with Gasteiger partial charge in [-0.2, -0.15) is 0 Å². The minimum atomic E-state index is -0.327. The van der Waals surface area contributed by atoms with Gasteiger partial charge in [-0.25, -0.2) is 0 Å². The first kappa shape index (κ1) is 22.1. The Hall–Kier alpha value is -1.58. The van der Waals surface area contributed by atoms with E-state index in [0.29, 0.717) is 12.5 Å². The molecule has 0 saturated heterocycles. The van der Waals surface area contributed by atoms with E-state index in [1.807, 2.05) is 0 Å². The van der Waals surface area contributed by atoms with E-state index in [1.165, 1.54) is 27.8 Å². The van der Waals surface area contributed by atoms with Gasteiger partial charge in [0.25, 0.3) is 0 Å². The largest absolute Gasteiger partial charge is 0.494 e. The van der Waals surface area contributed by atoms with Crippen LogP contribution in [0.15, 0.2) is 36.4 Å². The fourth-order valence-electron chi connectivity index (χ4n) is 4.11. The molecule has 0 radical (unpaired) electrons. The van der Waals surface area contributed by atoms with Gasteiger partial charge in [-0.3, -0.25) is 0 Å². The molecule has 0 amide bonds. The van der Waals surface area contributed by atoms with E-state index in [-0.39, 0.29) is 24.1 Å². The van der Waals surface area contributed by atoms with Crippen LogP contribution in [0.1, 0.15) is 79.0 Å². The Morgan fingerprint density at radius 1 is 0.897 bits per heavy atom. The van der Waals surface area contributed by atoms with Gasteiger partial charge < -0.3 is 9.31 Å². The Kier molecular flexibility index (Phi) is 6.04. The summed E-state index contributed by atoms with van der Waals surface area (Å²) in [4.78, 5) is 0. The van der Waals surface area contributed by atoms with E-state index in [2.05, 4.69) is 98.7 Å². The van der Waals surface area contributed by atoms with Crippen LogP contribution in [0.4, 0.5) is 0 Å². The summed E-state index contributed by atoms with van der Waals surface area (Å²) in [7, 11) is -0.327. The first-order valence-electron chi connectivity index (χ1n) is 11.0. The predicted molar refractivity (Wildman–Crippen MR) is 125 cm³/mol. The van der Waals surface area contributed by atoms with Crippen LogP contribution in [0.5, 0.6) is 0 Å². The van der Waals surface area contributed by atoms with Crippen molar-refractivity contribution in [2.24, 2.45) is 5.92 Å². The second-order valence-electron chi connectivity index (χ2n) is 10.7. The molecule has 2 aromatic carbocycles. The number of rotatable bonds is 6. The second kappa shape index (κ2) is 7.93. The maximum atomic E-state index is 6.15. The summed E-state index contributed by atoms with van der Waals surface area (Å²) in [6.07, 6.45) is 0.111. The van der Waals surface area contributed by atoms with Crippen LogP contribution in [-0.2, 0) is 20.1 Å². The van der Waals surface area contributed by atoms with Crippen LogP contribution in [-0.4, -0.2) is 19.8 Å². The SMILES string of the molecule is CC(C)COB(OC(C)C)c1ccc2c(c1)C(C)(C)c1cc(C(C)(C)C)ccc1-2. The lowest BCUT2D eigenvalue weighted by molar-refractivity contribution is 0.155. The number of hydrogen-bond donors (Lipinski definition) is 0. The number of hydrogen-bond acceptors (Lipinski definition) is 2. The molecule has 2 nitrogen and oxygen atoms in total. The van der Waals surface area contributed by atoms with Gasteiger partial charge in [0, 0.05) is 18.1 Å². The lowest BCUT2D eigenvalue weighted by Gasteiger charge is -2.26. The van der Waals surface area contributed by atoms with Gasteiger partial charge in [-0.15, -0.1) is 0 Å². The summed E-state index contributed by atoms with van der Waals surface area (Å²) in [5.74, 6) is 0.471. The van der Waals surface area contributed by atoms with Crippen molar-refractivity contribution in [1.29, 1.82) is 0 Å². The lowest BCUT2D eigenvalue weighted by atomic mass is 9.74. The highest BCUT2D eigenvalue weighted by molar-refractivity contribution is 6.61. The summed E-state index contributed by atoms with van der Waals surface area (Å²) in [5.41, 5.74) is 8.07. The molecule has 0 atom stereocenters. The predicted octanol–water partition coefficient (Wildman–Crippen LogP) is 6.08. The fraction of sp³-hybridized carbons (Fsp3) is 0.538. The average Bonchev–Trinajstić information content (AvgIpc) is 2.84. The first-order valence-corrected chi connectivity index (χ1v) is 11.0. The maximum Gasteiger partial charge on any atom is 0.494 e. The Morgan fingerprint density at radius 3 is 2.03 bits per heavy atom. The third-order valence-electron chi connectivity index (χ3n) is 5.81. The Bertz CT molecular complexity index is 875. The van der Waals surface area contributed by atoms with Gasteiger partial charge in [0.15, 0.2) is 0 Å². The van der Waals surface area contributed by atoms with Crippen molar-refractivity contribution >= 4 is 12.6 Å². The molecule has 0 unspecified atom stereocenters. The molecule has 2 aromatic rings. The van der Waals surface area contributed by atoms with Crippen molar-refractivity contribution in [3.8, 4) is 11.1 Å². The van der Waals surface area contributed by atoms with E-state index < -0.39 is 0 Å². The second-order valence-corrected chi connectivity index (χ2v) is 10.7. The van der Waals surface area contributed by atoms with Gasteiger partial charge in [-0.1, -0.05) is 84.9 Å². The van der Waals surface area contributed by atoms with E-state index in [0.717, 1.165) is 5.46 Å². The zero-order valence-electron chi connectivity index (χ0n) is 19.7. The molecule has 3 heteroatoms. The van der Waals surface area contributed by atoms with E-state index in [4.69, 9.17) is 9.31 Å². The average molecular weight is 392 g/mol. The molecule has 0 spiro atoms. The smallest absolute Gasteiger partial charge is 0.407 e. The highest BCUT2D eigenvalue weighted by Crippen LogP contribution is 2.49. The number of fused-ring (bicyclic) bond motifs is 3. The van der Waals surface area contributed by atoms with E-state index >= 15 is 0 Å². The highest BCUT2D eigenvalue weighted by Gasteiger charge is 2.37. The summed E-state index contributed by atoms with van der Waals surface area (Å²) in [5, 5.41) is 0. The van der Waals surface area contributed by atoms with Crippen molar-refractivity contribution < 1.29 is 9.31 Å². The molecule has 0 N–H and O–H groups in total. The summed E-state index contributed by atoms with van der Waals surface area (Å²) in [6, 6.07) is 13.7. The normalized spacial score (nSPS) is 15.0. The molecule has 0 fully saturated rings. The first-order chi connectivity index (χ1) is 13.4. The molecule has 0 heterocycles. The molecule has 3 rings (SSSR count). The van der Waals surface area contributed by atoms with Crippen LogP contribution in [0.25, 0.3) is 11.1 Å². The molecule has 29 heavy (non-hydrogen) atoms. The summed E-state index contributed by atoms with van der Waals surface area (Å²) in [6.45, 7) is 20.7. The minimum absolute atomic E-state index is 0.0393. The van der Waals surface area contributed by atoms with Crippen LogP contribution < -0.4 is 5.46 Å². The molecule has 0 aliphatic heterocycles. The summed E-state index contributed by atoms with van der Waals surface area (Å²) >= 11 is 0. The van der Waals surface area contributed by atoms with Crippen molar-refractivity contribution in [1.82, 2.24) is 0 Å². The van der Waals surface area contributed by atoms with Crippen molar-refractivity contribution in [3.05, 3.63) is 53.1 Å². The third-order valence-corrected chi connectivity index (χ3v) is 5.81. The van der Waals surface area contributed by atoms with E-state index in [1.54, 1.807) is 0 Å². The van der Waals surface area contributed by atoms with Crippen LogP contribution in [0.2, 0.25) is 0 Å². The molecule has 156 valence electrons. The topological polar surface area (TPSA) is 18.5 Å². The Labute approximate surface area is 178 Å². The highest BCUT2D eigenvalue weighted by atomic mass is 16.6. The maximum absolute atomic E-state index is 6.15. The van der Waals surface area contributed by atoms with Gasteiger partial charge in [0.2, 0.25) is 0 Å². The fourth-order valence-corrected chi connectivity index (χ4v) is 4.11. The molecular formula is C26H37BO2. The van der Waals surface area contributed by atoms with Crippen molar-refractivity contribution in [3.63, 3.8) is 0 Å². The molecular weight excluding hydrogens is 355 g/mol. The zero-order chi connectivity index (χ0) is 21.6. The zero-order valence-corrected chi connectivity index (χ0v) is 19.7. The quantitative estimate of drug-likeness (QED) is 0.555. The summed E-state index contributed by atoms with van der Waals surface area (Å²) < 4.78 is 12.3. The van der Waals surface area contributed by atoms with E-state index in [9.17, 15) is 0 Å². The van der Waals surface area contributed by atoms with Crippen LogP contribution >= 0.6 is 0 Å². The monoisotopic (exact) mass is 392 g/mol. The minimum Gasteiger partial charge on any atom is -0.407 e. The number of benzene rings is 2. The van der Waals surface area contributed by atoms with Gasteiger partial charge in [0.1, 0.15) is 0 Å². The van der Waals surface area contributed by atoms with Crippen LogP contribution in [0, 0.1) is 5.92 Å². The molecule has 0 saturated carbocycles. The van der Waals surface area contributed by atoms with Gasteiger partial charge >= 0.3 is 7.12 Å².